The van der Waals surface area contributed by atoms with Crippen molar-refractivity contribution in [3.63, 3.8) is 0 Å². The summed E-state index contributed by atoms with van der Waals surface area (Å²) in [5.74, 6) is 0.499. The van der Waals surface area contributed by atoms with Gasteiger partial charge >= 0.3 is 0 Å². The Kier molecular flexibility index (Phi) is 2.54. The molecule has 0 unspecified atom stereocenters. The van der Waals surface area contributed by atoms with Crippen LogP contribution < -0.4 is 10.5 Å². The fraction of sp³-hybridized carbons (Fsp3) is 0. The fourth-order valence-corrected chi connectivity index (χ4v) is 1.22. The number of nitrogen functional groups attached to an aromatic ring is 1. The second-order valence-electron chi connectivity index (χ2n) is 3.07. The van der Waals surface area contributed by atoms with Crippen LogP contribution >= 0.6 is 0 Å². The second kappa shape index (κ2) is 4.00. The highest BCUT2D eigenvalue weighted by Crippen LogP contribution is 2.28. The summed E-state index contributed by atoms with van der Waals surface area (Å²) in [7, 11) is 0. The molecule has 0 atom stereocenters. The highest BCUT2D eigenvalue weighted by Gasteiger charge is 2.05. The standard InChI is InChI=1S/C12H10FNO/c13-10-7-4-8-11(12(10)14)15-9-5-2-1-3-6-9/h1-8H,14H2. The number of halogens is 1. The molecule has 2 aromatic rings. The van der Waals surface area contributed by atoms with E-state index in [-0.39, 0.29) is 5.69 Å². The van der Waals surface area contributed by atoms with Gasteiger partial charge in [0.1, 0.15) is 17.3 Å². The van der Waals surface area contributed by atoms with E-state index < -0.39 is 5.82 Å². The van der Waals surface area contributed by atoms with Gasteiger partial charge in [-0.2, -0.15) is 0 Å². The van der Waals surface area contributed by atoms with Crippen molar-refractivity contribution in [2.75, 3.05) is 5.73 Å². The lowest BCUT2D eigenvalue weighted by atomic mass is 10.3. The maximum atomic E-state index is 13.1. The van der Waals surface area contributed by atoms with Gasteiger partial charge < -0.3 is 10.5 Å². The van der Waals surface area contributed by atoms with Gasteiger partial charge in [-0.05, 0) is 24.3 Å². The van der Waals surface area contributed by atoms with E-state index in [1.165, 1.54) is 6.07 Å². The Morgan fingerprint density at radius 2 is 1.67 bits per heavy atom. The van der Waals surface area contributed by atoms with Crippen LogP contribution in [0.2, 0.25) is 0 Å². The highest BCUT2D eigenvalue weighted by atomic mass is 19.1. The third-order valence-electron chi connectivity index (χ3n) is 1.98. The third-order valence-corrected chi connectivity index (χ3v) is 1.98. The van der Waals surface area contributed by atoms with Crippen molar-refractivity contribution >= 4 is 5.69 Å². The van der Waals surface area contributed by atoms with E-state index >= 15 is 0 Å². The Morgan fingerprint density at radius 1 is 0.933 bits per heavy atom. The van der Waals surface area contributed by atoms with Crippen molar-refractivity contribution in [1.29, 1.82) is 0 Å². The Balaban J connectivity index is 2.29. The van der Waals surface area contributed by atoms with Crippen LogP contribution in [0, 0.1) is 5.82 Å². The number of anilines is 1. The van der Waals surface area contributed by atoms with Gasteiger partial charge in [0, 0.05) is 0 Å². The highest BCUT2D eigenvalue weighted by molar-refractivity contribution is 5.54. The molecule has 0 aliphatic rings. The minimum atomic E-state index is -0.469. The SMILES string of the molecule is Nc1c(F)cccc1Oc1ccccc1. The molecule has 3 heteroatoms. The lowest BCUT2D eigenvalue weighted by Crippen LogP contribution is -1.94. The number of rotatable bonds is 2. The van der Waals surface area contributed by atoms with Gasteiger partial charge in [-0.3, -0.25) is 0 Å². The van der Waals surface area contributed by atoms with Crippen molar-refractivity contribution in [2.24, 2.45) is 0 Å². The van der Waals surface area contributed by atoms with Crippen LogP contribution in [0.1, 0.15) is 0 Å². The molecule has 2 nitrogen and oxygen atoms in total. The molecule has 0 radical (unpaired) electrons. The predicted octanol–water partition coefficient (Wildman–Crippen LogP) is 3.20. The molecular formula is C12H10FNO. The fourth-order valence-electron chi connectivity index (χ4n) is 1.22. The smallest absolute Gasteiger partial charge is 0.153 e. The molecule has 0 amide bonds. The van der Waals surface area contributed by atoms with Crippen LogP contribution in [0.25, 0.3) is 0 Å². The molecule has 0 fully saturated rings. The number of ether oxygens (including phenoxy) is 1. The van der Waals surface area contributed by atoms with Crippen LogP contribution in [0.15, 0.2) is 48.5 Å². The molecule has 0 saturated heterocycles. The van der Waals surface area contributed by atoms with E-state index in [0.29, 0.717) is 11.5 Å². The molecule has 0 spiro atoms. The van der Waals surface area contributed by atoms with E-state index in [1.54, 1.807) is 24.3 Å². The normalized spacial score (nSPS) is 9.93. The zero-order valence-electron chi connectivity index (χ0n) is 7.98. The molecule has 15 heavy (non-hydrogen) atoms. The van der Waals surface area contributed by atoms with Crippen LogP contribution in [-0.4, -0.2) is 0 Å². The molecular weight excluding hydrogens is 193 g/mol. The largest absolute Gasteiger partial charge is 0.455 e. The van der Waals surface area contributed by atoms with Gasteiger partial charge in [-0.25, -0.2) is 4.39 Å². The summed E-state index contributed by atoms with van der Waals surface area (Å²) in [6.45, 7) is 0. The summed E-state index contributed by atoms with van der Waals surface area (Å²) >= 11 is 0. The molecule has 76 valence electrons. The molecule has 2 rings (SSSR count). The van der Waals surface area contributed by atoms with Crippen molar-refractivity contribution < 1.29 is 9.13 Å². The summed E-state index contributed by atoms with van der Waals surface area (Å²) < 4.78 is 18.5. The number of para-hydroxylation sites is 2. The first-order valence-electron chi connectivity index (χ1n) is 4.54. The first kappa shape index (κ1) is 9.52. The summed E-state index contributed by atoms with van der Waals surface area (Å²) in [5.41, 5.74) is 5.56. The molecule has 0 saturated carbocycles. The monoisotopic (exact) mass is 203 g/mol. The summed E-state index contributed by atoms with van der Waals surface area (Å²) in [5, 5.41) is 0. The molecule has 0 aromatic heterocycles. The number of benzene rings is 2. The second-order valence-corrected chi connectivity index (χ2v) is 3.07. The summed E-state index contributed by atoms with van der Waals surface area (Å²) in [6.07, 6.45) is 0. The average molecular weight is 203 g/mol. The Labute approximate surface area is 87.1 Å². The third kappa shape index (κ3) is 2.07. The van der Waals surface area contributed by atoms with Crippen molar-refractivity contribution in [3.05, 3.63) is 54.3 Å². The van der Waals surface area contributed by atoms with Gasteiger partial charge in [0.05, 0.1) is 0 Å². The van der Waals surface area contributed by atoms with Crippen molar-refractivity contribution in [3.8, 4) is 11.5 Å². The maximum absolute atomic E-state index is 13.1. The molecule has 0 bridgehead atoms. The van der Waals surface area contributed by atoms with E-state index in [9.17, 15) is 4.39 Å². The van der Waals surface area contributed by atoms with Crippen LogP contribution in [0.3, 0.4) is 0 Å². The molecule has 0 heterocycles. The van der Waals surface area contributed by atoms with Gasteiger partial charge in [0.25, 0.3) is 0 Å². The first-order valence-corrected chi connectivity index (χ1v) is 4.54. The van der Waals surface area contributed by atoms with Gasteiger partial charge in [-0.1, -0.05) is 24.3 Å². The topological polar surface area (TPSA) is 35.2 Å². The minimum Gasteiger partial charge on any atom is -0.455 e. The first-order chi connectivity index (χ1) is 7.27. The van der Waals surface area contributed by atoms with Crippen LogP contribution in [0.4, 0.5) is 10.1 Å². The number of nitrogens with two attached hydrogens (primary N) is 1. The van der Waals surface area contributed by atoms with E-state index in [4.69, 9.17) is 10.5 Å². The van der Waals surface area contributed by atoms with Crippen LogP contribution in [-0.2, 0) is 0 Å². The van der Waals surface area contributed by atoms with E-state index in [1.807, 2.05) is 18.2 Å². The Bertz CT molecular complexity index is 456. The summed E-state index contributed by atoms with van der Waals surface area (Å²) in [4.78, 5) is 0. The lowest BCUT2D eigenvalue weighted by molar-refractivity contribution is 0.480. The van der Waals surface area contributed by atoms with E-state index in [2.05, 4.69) is 0 Å². The zero-order chi connectivity index (χ0) is 10.7. The zero-order valence-corrected chi connectivity index (χ0v) is 7.98. The Morgan fingerprint density at radius 3 is 2.40 bits per heavy atom. The summed E-state index contributed by atoms with van der Waals surface area (Å²) in [6, 6.07) is 13.6. The van der Waals surface area contributed by atoms with Gasteiger partial charge in [0.2, 0.25) is 0 Å². The maximum Gasteiger partial charge on any atom is 0.153 e. The molecule has 0 aliphatic carbocycles. The van der Waals surface area contributed by atoms with Crippen LogP contribution in [0.5, 0.6) is 11.5 Å². The average Bonchev–Trinajstić information content (AvgIpc) is 2.26. The minimum absolute atomic E-state index is 0.0290. The lowest BCUT2D eigenvalue weighted by Gasteiger charge is -2.08. The van der Waals surface area contributed by atoms with Gasteiger partial charge in [0.15, 0.2) is 5.75 Å². The molecule has 2 N–H and O–H groups in total. The Hall–Kier alpha value is -2.03. The van der Waals surface area contributed by atoms with Crippen molar-refractivity contribution in [2.45, 2.75) is 0 Å². The van der Waals surface area contributed by atoms with E-state index in [0.717, 1.165) is 0 Å². The predicted molar refractivity (Wildman–Crippen MR) is 57.3 cm³/mol. The molecule has 2 aromatic carbocycles. The van der Waals surface area contributed by atoms with Gasteiger partial charge in [-0.15, -0.1) is 0 Å². The van der Waals surface area contributed by atoms with Crippen molar-refractivity contribution in [1.82, 2.24) is 0 Å². The molecule has 0 aliphatic heterocycles. The number of hydrogen-bond donors (Lipinski definition) is 1. The quantitative estimate of drug-likeness (QED) is 0.760. The number of hydrogen-bond acceptors (Lipinski definition) is 2.